The second kappa shape index (κ2) is 7.70. The molecule has 12 heteroatoms. The van der Waals surface area contributed by atoms with Gasteiger partial charge >= 0.3 is 6.36 Å². The van der Waals surface area contributed by atoms with Crippen LogP contribution in [0.15, 0.2) is 58.3 Å². The van der Waals surface area contributed by atoms with E-state index < -0.39 is 38.2 Å². The van der Waals surface area contributed by atoms with Crippen LogP contribution in [0, 0.1) is 0 Å². The zero-order valence-corrected chi connectivity index (χ0v) is 16.3. The van der Waals surface area contributed by atoms with Gasteiger partial charge in [-0.15, -0.1) is 13.2 Å². The van der Waals surface area contributed by atoms with Gasteiger partial charge in [-0.3, -0.25) is 0 Å². The summed E-state index contributed by atoms with van der Waals surface area (Å²) in [6.07, 6.45) is -4.95. The number of sulfonamides is 2. The molecule has 0 spiro atoms. The quantitative estimate of drug-likeness (QED) is 0.746. The van der Waals surface area contributed by atoms with Crippen molar-refractivity contribution in [3.63, 3.8) is 0 Å². The summed E-state index contributed by atoms with van der Waals surface area (Å²) < 4.78 is 89.9. The van der Waals surface area contributed by atoms with Gasteiger partial charge in [0.15, 0.2) is 0 Å². The number of benzene rings is 2. The minimum Gasteiger partial charge on any atom is -0.406 e. The van der Waals surface area contributed by atoms with E-state index in [1.165, 1.54) is 31.3 Å². The predicted octanol–water partition coefficient (Wildman–Crippen LogP) is 2.61. The lowest BCUT2D eigenvalue weighted by Crippen LogP contribution is -2.30. The smallest absolute Gasteiger partial charge is 0.406 e. The first-order valence-corrected chi connectivity index (χ1v) is 10.7. The van der Waals surface area contributed by atoms with Crippen molar-refractivity contribution in [2.45, 2.75) is 29.1 Å². The van der Waals surface area contributed by atoms with E-state index in [0.29, 0.717) is 5.56 Å². The van der Waals surface area contributed by atoms with E-state index in [9.17, 15) is 30.0 Å². The van der Waals surface area contributed by atoms with Gasteiger partial charge in [0.25, 0.3) is 0 Å². The topological polar surface area (TPSA) is 107 Å². The molecule has 0 aliphatic heterocycles. The number of primary sulfonamides is 1. The molecule has 0 saturated carbocycles. The zero-order valence-electron chi connectivity index (χ0n) is 14.7. The average molecular weight is 438 g/mol. The fourth-order valence-corrected chi connectivity index (χ4v) is 4.25. The molecular formula is C16H17F3N2O5S2. The number of halogens is 3. The summed E-state index contributed by atoms with van der Waals surface area (Å²) in [5.74, 6) is -0.660. The van der Waals surface area contributed by atoms with Crippen LogP contribution in [0.25, 0.3) is 0 Å². The van der Waals surface area contributed by atoms with E-state index >= 15 is 0 Å². The number of hydrogen-bond acceptors (Lipinski definition) is 5. The van der Waals surface area contributed by atoms with Crippen LogP contribution in [-0.2, 0) is 20.0 Å². The molecule has 2 N–H and O–H groups in total. The molecule has 0 aliphatic carbocycles. The molecule has 0 heterocycles. The van der Waals surface area contributed by atoms with Crippen molar-refractivity contribution < 1.29 is 34.7 Å². The van der Waals surface area contributed by atoms with Gasteiger partial charge in [-0.2, -0.15) is 4.31 Å². The van der Waals surface area contributed by atoms with Crippen molar-refractivity contribution in [2.24, 2.45) is 5.14 Å². The molecule has 0 aliphatic rings. The van der Waals surface area contributed by atoms with Gasteiger partial charge in [-0.1, -0.05) is 18.2 Å². The third-order valence-corrected chi connectivity index (χ3v) is 6.81. The van der Waals surface area contributed by atoms with Gasteiger partial charge in [0.2, 0.25) is 20.0 Å². The maximum Gasteiger partial charge on any atom is 0.573 e. The zero-order chi connectivity index (χ0) is 21.3. The van der Waals surface area contributed by atoms with E-state index in [-0.39, 0.29) is 9.79 Å². The third kappa shape index (κ3) is 5.22. The highest BCUT2D eigenvalue weighted by atomic mass is 32.2. The summed E-state index contributed by atoms with van der Waals surface area (Å²) in [6.45, 7) is 1.54. The maximum absolute atomic E-state index is 12.8. The molecule has 0 fully saturated rings. The van der Waals surface area contributed by atoms with E-state index in [2.05, 4.69) is 4.74 Å². The minimum atomic E-state index is -4.95. The molecule has 1 unspecified atom stereocenters. The Labute approximate surface area is 160 Å². The normalized spacial score (nSPS) is 14.1. The first-order valence-electron chi connectivity index (χ1n) is 7.68. The molecule has 0 amide bonds. The molecule has 2 aromatic carbocycles. The third-order valence-electron chi connectivity index (χ3n) is 3.95. The summed E-state index contributed by atoms with van der Waals surface area (Å²) in [5.41, 5.74) is 0.459. The van der Waals surface area contributed by atoms with E-state index in [1.807, 2.05) is 0 Å². The highest BCUT2D eigenvalue weighted by Crippen LogP contribution is 2.29. The Kier molecular flexibility index (Phi) is 6.09. The molecule has 0 bridgehead atoms. The summed E-state index contributed by atoms with van der Waals surface area (Å²) >= 11 is 0. The highest BCUT2D eigenvalue weighted by molar-refractivity contribution is 7.89. The Morgan fingerprint density at radius 2 is 1.57 bits per heavy atom. The lowest BCUT2D eigenvalue weighted by atomic mass is 10.1. The van der Waals surface area contributed by atoms with Crippen molar-refractivity contribution in [2.75, 3.05) is 7.05 Å². The van der Waals surface area contributed by atoms with Crippen molar-refractivity contribution in [1.29, 1.82) is 0 Å². The van der Waals surface area contributed by atoms with Crippen LogP contribution in [0.1, 0.15) is 18.5 Å². The number of nitrogens with two attached hydrogens (primary N) is 1. The Bertz CT molecular complexity index is 1050. The van der Waals surface area contributed by atoms with Crippen molar-refractivity contribution in [3.8, 4) is 5.75 Å². The van der Waals surface area contributed by atoms with Gasteiger partial charge in [0, 0.05) is 19.2 Å². The first-order chi connectivity index (χ1) is 12.7. The van der Waals surface area contributed by atoms with Crippen molar-refractivity contribution >= 4 is 20.0 Å². The van der Waals surface area contributed by atoms with Gasteiger partial charge in [0.1, 0.15) is 5.75 Å². The SMILES string of the molecule is CC(c1ccc(S(N)(=O)=O)cc1)N(C)S(=O)(=O)c1cccc(OC(F)(F)F)c1. The number of hydrogen-bond donors (Lipinski definition) is 1. The van der Waals surface area contributed by atoms with Gasteiger partial charge in [0.05, 0.1) is 9.79 Å². The lowest BCUT2D eigenvalue weighted by Gasteiger charge is -2.25. The van der Waals surface area contributed by atoms with Crippen LogP contribution in [0.5, 0.6) is 5.75 Å². The summed E-state index contributed by atoms with van der Waals surface area (Å²) in [6, 6.07) is 8.57. The Hall–Kier alpha value is -2.15. The monoisotopic (exact) mass is 438 g/mol. The summed E-state index contributed by atoms with van der Waals surface area (Å²) in [5, 5.41) is 5.02. The van der Waals surface area contributed by atoms with Crippen molar-refractivity contribution in [1.82, 2.24) is 4.31 Å². The van der Waals surface area contributed by atoms with Gasteiger partial charge in [-0.25, -0.2) is 22.0 Å². The molecule has 0 radical (unpaired) electrons. The molecule has 0 aromatic heterocycles. The number of rotatable bonds is 6. The molecular weight excluding hydrogens is 421 g/mol. The summed E-state index contributed by atoms with van der Waals surface area (Å²) in [7, 11) is -6.80. The highest BCUT2D eigenvalue weighted by Gasteiger charge is 2.32. The molecule has 7 nitrogen and oxygen atoms in total. The van der Waals surface area contributed by atoms with Crippen LogP contribution in [0.3, 0.4) is 0 Å². The number of nitrogens with zero attached hydrogens (tertiary/aromatic N) is 1. The number of alkyl halides is 3. The van der Waals surface area contributed by atoms with Gasteiger partial charge < -0.3 is 4.74 Å². The largest absolute Gasteiger partial charge is 0.573 e. The lowest BCUT2D eigenvalue weighted by molar-refractivity contribution is -0.274. The molecule has 154 valence electrons. The standard InChI is InChI=1S/C16H17F3N2O5S2/c1-11(12-6-8-14(9-7-12)27(20,22)23)21(2)28(24,25)15-5-3-4-13(10-15)26-16(17,18)19/h3-11H,1-2H3,(H2,20,22,23). The Morgan fingerprint density at radius 1 is 1.00 bits per heavy atom. The molecule has 0 saturated heterocycles. The molecule has 2 rings (SSSR count). The fraction of sp³-hybridized carbons (Fsp3) is 0.250. The van der Waals surface area contributed by atoms with Crippen molar-refractivity contribution in [3.05, 3.63) is 54.1 Å². The molecule has 2 aromatic rings. The fourth-order valence-electron chi connectivity index (χ4n) is 2.35. The van der Waals surface area contributed by atoms with E-state index in [0.717, 1.165) is 28.6 Å². The molecule has 28 heavy (non-hydrogen) atoms. The summed E-state index contributed by atoms with van der Waals surface area (Å²) in [4.78, 5) is -0.518. The number of ether oxygens (including phenoxy) is 1. The van der Waals surface area contributed by atoms with Crippen LogP contribution in [0.2, 0.25) is 0 Å². The van der Waals surface area contributed by atoms with Crippen LogP contribution in [0.4, 0.5) is 13.2 Å². The second-order valence-electron chi connectivity index (χ2n) is 5.83. The Balaban J connectivity index is 2.31. The first kappa shape index (κ1) is 22.1. The van der Waals surface area contributed by atoms with E-state index in [1.54, 1.807) is 6.92 Å². The van der Waals surface area contributed by atoms with E-state index in [4.69, 9.17) is 5.14 Å². The minimum absolute atomic E-state index is 0.133. The van der Waals surface area contributed by atoms with Crippen LogP contribution in [-0.4, -0.2) is 34.6 Å². The maximum atomic E-state index is 12.8. The average Bonchev–Trinajstić information content (AvgIpc) is 2.58. The van der Waals surface area contributed by atoms with Gasteiger partial charge in [-0.05, 0) is 36.8 Å². The molecule has 1 atom stereocenters. The predicted molar refractivity (Wildman–Crippen MR) is 94.3 cm³/mol. The Morgan fingerprint density at radius 3 is 2.07 bits per heavy atom. The van der Waals surface area contributed by atoms with Crippen LogP contribution < -0.4 is 9.88 Å². The van der Waals surface area contributed by atoms with Crippen LogP contribution >= 0.6 is 0 Å². The second-order valence-corrected chi connectivity index (χ2v) is 9.39.